The van der Waals surface area contributed by atoms with E-state index in [1.807, 2.05) is 18.2 Å². The molecule has 1 saturated heterocycles. The first-order valence-electron chi connectivity index (χ1n) is 5.07. The van der Waals surface area contributed by atoms with Crippen molar-refractivity contribution in [2.45, 2.75) is 19.3 Å². The SMILES string of the molecule is O=C1OCCCC1Cc1ccccc1. The molecule has 14 heavy (non-hydrogen) atoms. The van der Waals surface area contributed by atoms with Crippen molar-refractivity contribution in [2.75, 3.05) is 6.61 Å². The molecule has 0 saturated carbocycles. The number of benzene rings is 1. The molecule has 74 valence electrons. The summed E-state index contributed by atoms with van der Waals surface area (Å²) in [6.07, 6.45) is 2.79. The standard InChI is InChI=1S/C12H14O2/c13-12-11(7-4-8-14-12)9-10-5-2-1-3-6-10/h1-3,5-6,11H,4,7-9H2. The summed E-state index contributed by atoms with van der Waals surface area (Å²) < 4.78 is 5.02. The fourth-order valence-corrected chi connectivity index (χ4v) is 1.82. The molecule has 0 radical (unpaired) electrons. The smallest absolute Gasteiger partial charge is 0.309 e. The van der Waals surface area contributed by atoms with Gasteiger partial charge < -0.3 is 4.74 Å². The average Bonchev–Trinajstić information content (AvgIpc) is 2.23. The summed E-state index contributed by atoms with van der Waals surface area (Å²) in [6.45, 7) is 0.601. The molecule has 2 heteroatoms. The third kappa shape index (κ3) is 2.13. The van der Waals surface area contributed by atoms with Gasteiger partial charge in [-0.25, -0.2) is 0 Å². The van der Waals surface area contributed by atoms with Crippen LogP contribution >= 0.6 is 0 Å². The molecule has 0 aromatic heterocycles. The van der Waals surface area contributed by atoms with Crippen molar-refractivity contribution in [2.24, 2.45) is 5.92 Å². The molecule has 0 aliphatic carbocycles. The van der Waals surface area contributed by atoms with Gasteiger partial charge in [0.05, 0.1) is 12.5 Å². The molecule has 2 rings (SSSR count). The van der Waals surface area contributed by atoms with Gasteiger partial charge >= 0.3 is 5.97 Å². The van der Waals surface area contributed by atoms with Gasteiger partial charge in [-0.2, -0.15) is 0 Å². The van der Waals surface area contributed by atoms with E-state index in [1.54, 1.807) is 0 Å². The minimum atomic E-state index is -0.0277. The minimum Gasteiger partial charge on any atom is -0.465 e. The number of hydrogen-bond acceptors (Lipinski definition) is 2. The van der Waals surface area contributed by atoms with Gasteiger partial charge in [0, 0.05) is 0 Å². The number of cyclic esters (lactones) is 1. The molecule has 0 N–H and O–H groups in total. The number of hydrogen-bond donors (Lipinski definition) is 0. The summed E-state index contributed by atoms with van der Waals surface area (Å²) in [6, 6.07) is 10.1. The fraction of sp³-hybridized carbons (Fsp3) is 0.417. The van der Waals surface area contributed by atoms with E-state index >= 15 is 0 Å². The van der Waals surface area contributed by atoms with Crippen LogP contribution in [-0.4, -0.2) is 12.6 Å². The van der Waals surface area contributed by atoms with Crippen LogP contribution in [0, 0.1) is 5.92 Å². The molecular formula is C12H14O2. The molecule has 2 nitrogen and oxygen atoms in total. The molecule has 1 unspecified atom stereocenters. The van der Waals surface area contributed by atoms with E-state index in [4.69, 9.17) is 4.74 Å². The molecule has 1 atom stereocenters. The Morgan fingerprint density at radius 1 is 1.29 bits per heavy atom. The molecule has 0 bridgehead atoms. The zero-order chi connectivity index (χ0) is 9.80. The maximum absolute atomic E-state index is 11.4. The van der Waals surface area contributed by atoms with E-state index in [0.717, 1.165) is 19.3 Å². The monoisotopic (exact) mass is 190 g/mol. The summed E-state index contributed by atoms with van der Waals surface area (Å²) in [4.78, 5) is 11.4. The molecule has 1 heterocycles. The van der Waals surface area contributed by atoms with Crippen LogP contribution in [0.15, 0.2) is 30.3 Å². The predicted octanol–water partition coefficient (Wildman–Crippen LogP) is 2.18. The summed E-state index contributed by atoms with van der Waals surface area (Å²) in [5, 5.41) is 0. The van der Waals surface area contributed by atoms with Gasteiger partial charge in [-0.15, -0.1) is 0 Å². The zero-order valence-corrected chi connectivity index (χ0v) is 8.11. The van der Waals surface area contributed by atoms with Crippen LogP contribution in [0.25, 0.3) is 0 Å². The third-order valence-corrected chi connectivity index (χ3v) is 2.60. The highest BCUT2D eigenvalue weighted by Gasteiger charge is 2.23. The van der Waals surface area contributed by atoms with Crippen LogP contribution in [0.2, 0.25) is 0 Å². The molecule has 1 aliphatic rings. The highest BCUT2D eigenvalue weighted by atomic mass is 16.5. The highest BCUT2D eigenvalue weighted by Crippen LogP contribution is 2.19. The lowest BCUT2D eigenvalue weighted by Gasteiger charge is -2.20. The van der Waals surface area contributed by atoms with E-state index in [2.05, 4.69) is 12.1 Å². The van der Waals surface area contributed by atoms with Gasteiger partial charge in [-0.1, -0.05) is 30.3 Å². The van der Waals surface area contributed by atoms with Crippen molar-refractivity contribution >= 4 is 5.97 Å². The normalized spacial score (nSPS) is 21.7. The number of carbonyl (C=O) groups excluding carboxylic acids is 1. The Kier molecular flexibility index (Phi) is 2.82. The van der Waals surface area contributed by atoms with Gasteiger partial charge in [0.2, 0.25) is 0 Å². The lowest BCUT2D eigenvalue weighted by atomic mass is 9.94. The topological polar surface area (TPSA) is 26.3 Å². The maximum atomic E-state index is 11.4. The Morgan fingerprint density at radius 3 is 2.79 bits per heavy atom. The van der Waals surface area contributed by atoms with Crippen LogP contribution in [-0.2, 0) is 16.0 Å². The Bertz CT molecular complexity index is 305. The van der Waals surface area contributed by atoms with Gasteiger partial charge in [-0.3, -0.25) is 4.79 Å². The third-order valence-electron chi connectivity index (χ3n) is 2.60. The van der Waals surface area contributed by atoms with Crippen molar-refractivity contribution < 1.29 is 9.53 Å². The van der Waals surface area contributed by atoms with Crippen molar-refractivity contribution in [1.29, 1.82) is 0 Å². The molecule has 1 aliphatic heterocycles. The van der Waals surface area contributed by atoms with E-state index in [0.29, 0.717) is 6.61 Å². The second kappa shape index (κ2) is 4.27. The van der Waals surface area contributed by atoms with E-state index in [9.17, 15) is 4.79 Å². The number of esters is 1. The first-order valence-corrected chi connectivity index (χ1v) is 5.07. The Labute approximate surface area is 83.9 Å². The molecule has 1 aromatic carbocycles. The first kappa shape index (κ1) is 9.25. The first-order chi connectivity index (χ1) is 6.86. The van der Waals surface area contributed by atoms with Crippen molar-refractivity contribution in [3.8, 4) is 0 Å². The molecule has 0 spiro atoms. The van der Waals surface area contributed by atoms with Crippen LogP contribution in [0.1, 0.15) is 18.4 Å². The van der Waals surface area contributed by atoms with Crippen LogP contribution in [0.5, 0.6) is 0 Å². The summed E-state index contributed by atoms with van der Waals surface area (Å²) >= 11 is 0. The minimum absolute atomic E-state index is 0.0277. The van der Waals surface area contributed by atoms with E-state index < -0.39 is 0 Å². The van der Waals surface area contributed by atoms with Crippen molar-refractivity contribution in [3.63, 3.8) is 0 Å². The number of carbonyl (C=O) groups is 1. The van der Waals surface area contributed by atoms with Gasteiger partial charge in [0.15, 0.2) is 0 Å². The summed E-state index contributed by atoms with van der Waals surface area (Å²) in [5.74, 6) is 0.0475. The molecule has 0 amide bonds. The van der Waals surface area contributed by atoms with Gasteiger partial charge in [-0.05, 0) is 24.8 Å². The maximum Gasteiger partial charge on any atom is 0.309 e. The fourth-order valence-electron chi connectivity index (χ4n) is 1.82. The van der Waals surface area contributed by atoms with Gasteiger partial charge in [0.1, 0.15) is 0 Å². The number of ether oxygens (including phenoxy) is 1. The lowest BCUT2D eigenvalue weighted by molar-refractivity contribution is -0.152. The van der Waals surface area contributed by atoms with E-state index in [1.165, 1.54) is 5.56 Å². The summed E-state index contributed by atoms with van der Waals surface area (Å²) in [5.41, 5.74) is 1.22. The molecule has 1 aromatic rings. The van der Waals surface area contributed by atoms with Gasteiger partial charge in [0.25, 0.3) is 0 Å². The highest BCUT2D eigenvalue weighted by molar-refractivity contribution is 5.73. The van der Waals surface area contributed by atoms with Crippen LogP contribution < -0.4 is 0 Å². The van der Waals surface area contributed by atoms with Crippen LogP contribution in [0.4, 0.5) is 0 Å². The quantitative estimate of drug-likeness (QED) is 0.668. The largest absolute Gasteiger partial charge is 0.465 e. The van der Waals surface area contributed by atoms with Crippen LogP contribution in [0.3, 0.4) is 0 Å². The second-order valence-corrected chi connectivity index (χ2v) is 3.70. The number of rotatable bonds is 2. The van der Waals surface area contributed by atoms with E-state index in [-0.39, 0.29) is 11.9 Å². The van der Waals surface area contributed by atoms with Crippen molar-refractivity contribution in [1.82, 2.24) is 0 Å². The summed E-state index contributed by atoms with van der Waals surface area (Å²) in [7, 11) is 0. The molecular weight excluding hydrogens is 176 g/mol. The average molecular weight is 190 g/mol. The predicted molar refractivity (Wildman–Crippen MR) is 53.8 cm³/mol. The Balaban J connectivity index is 2.00. The molecule has 1 fully saturated rings. The Hall–Kier alpha value is -1.31. The lowest BCUT2D eigenvalue weighted by Crippen LogP contribution is -2.25. The Morgan fingerprint density at radius 2 is 2.07 bits per heavy atom. The van der Waals surface area contributed by atoms with Crippen molar-refractivity contribution in [3.05, 3.63) is 35.9 Å². The zero-order valence-electron chi connectivity index (χ0n) is 8.11. The second-order valence-electron chi connectivity index (χ2n) is 3.70.